The molecule has 1 aliphatic heterocycles. The molecule has 0 spiro atoms. The van der Waals surface area contributed by atoms with Crippen LogP contribution < -0.4 is 10.6 Å². The van der Waals surface area contributed by atoms with E-state index in [0.717, 1.165) is 19.6 Å². The van der Waals surface area contributed by atoms with Crippen LogP contribution in [0.15, 0.2) is 12.4 Å². The first kappa shape index (κ1) is 13.7. The molecule has 6 nitrogen and oxygen atoms in total. The van der Waals surface area contributed by atoms with Crippen molar-refractivity contribution in [1.82, 2.24) is 15.3 Å². The third-order valence-electron chi connectivity index (χ3n) is 3.30. The minimum absolute atomic E-state index is 0.186. The predicted molar refractivity (Wildman–Crippen MR) is 72.0 cm³/mol. The van der Waals surface area contributed by atoms with Crippen molar-refractivity contribution in [3.8, 4) is 0 Å². The van der Waals surface area contributed by atoms with Gasteiger partial charge in [-0.05, 0) is 20.3 Å². The second kappa shape index (κ2) is 6.47. The Kier molecular flexibility index (Phi) is 4.68. The first-order valence-corrected chi connectivity index (χ1v) is 6.66. The van der Waals surface area contributed by atoms with E-state index >= 15 is 0 Å². The lowest BCUT2D eigenvalue weighted by atomic mass is 10.0. The average Bonchev–Trinajstić information content (AvgIpc) is 2.83. The summed E-state index contributed by atoms with van der Waals surface area (Å²) in [6.07, 6.45) is 4.26. The van der Waals surface area contributed by atoms with Gasteiger partial charge in [-0.25, -0.2) is 9.97 Å². The molecule has 2 rings (SSSR count). The predicted octanol–water partition coefficient (Wildman–Crippen LogP) is 1.06. The number of carbonyl (C=O) groups excluding carboxylic acids is 1. The van der Waals surface area contributed by atoms with Gasteiger partial charge >= 0.3 is 0 Å². The fourth-order valence-corrected chi connectivity index (χ4v) is 2.08. The molecule has 1 aromatic heterocycles. The van der Waals surface area contributed by atoms with Crippen molar-refractivity contribution in [1.29, 1.82) is 0 Å². The topological polar surface area (TPSA) is 76.1 Å². The van der Waals surface area contributed by atoms with Crippen molar-refractivity contribution in [2.75, 3.05) is 25.0 Å². The zero-order valence-electron chi connectivity index (χ0n) is 11.3. The van der Waals surface area contributed by atoms with E-state index in [1.165, 1.54) is 6.20 Å². The van der Waals surface area contributed by atoms with Crippen LogP contribution in [0, 0.1) is 5.92 Å². The van der Waals surface area contributed by atoms with Gasteiger partial charge in [-0.15, -0.1) is 0 Å². The Hall–Kier alpha value is -1.69. The van der Waals surface area contributed by atoms with Gasteiger partial charge in [-0.1, -0.05) is 0 Å². The lowest BCUT2D eigenvalue weighted by Gasteiger charge is -2.14. The van der Waals surface area contributed by atoms with Gasteiger partial charge in [-0.3, -0.25) is 4.79 Å². The Morgan fingerprint density at radius 1 is 1.47 bits per heavy atom. The van der Waals surface area contributed by atoms with Crippen LogP contribution in [-0.4, -0.2) is 41.7 Å². The quantitative estimate of drug-likeness (QED) is 0.831. The molecule has 0 aromatic carbocycles. The number of ether oxygens (including phenoxy) is 1. The van der Waals surface area contributed by atoms with E-state index < -0.39 is 0 Å². The van der Waals surface area contributed by atoms with Crippen LogP contribution in [-0.2, 0) is 4.74 Å². The Balaban J connectivity index is 1.85. The molecule has 0 bridgehead atoms. The van der Waals surface area contributed by atoms with Gasteiger partial charge in [0.15, 0.2) is 0 Å². The Morgan fingerprint density at radius 2 is 2.32 bits per heavy atom. The van der Waals surface area contributed by atoms with Gasteiger partial charge in [-0.2, -0.15) is 0 Å². The maximum atomic E-state index is 11.9. The molecule has 1 aromatic rings. The highest BCUT2D eigenvalue weighted by molar-refractivity contribution is 5.91. The number of aromatic nitrogens is 2. The highest BCUT2D eigenvalue weighted by Gasteiger charge is 2.24. The van der Waals surface area contributed by atoms with E-state index in [1.54, 1.807) is 6.20 Å². The zero-order valence-corrected chi connectivity index (χ0v) is 11.3. The maximum absolute atomic E-state index is 11.9. The van der Waals surface area contributed by atoms with Gasteiger partial charge in [0.05, 0.1) is 18.5 Å². The molecule has 1 fully saturated rings. The van der Waals surface area contributed by atoms with E-state index in [-0.39, 0.29) is 12.0 Å². The molecule has 19 heavy (non-hydrogen) atoms. The Labute approximate surface area is 113 Å². The maximum Gasteiger partial charge on any atom is 0.271 e. The second-order valence-corrected chi connectivity index (χ2v) is 4.65. The van der Waals surface area contributed by atoms with Crippen molar-refractivity contribution in [2.45, 2.75) is 26.4 Å². The van der Waals surface area contributed by atoms with Gasteiger partial charge in [0, 0.05) is 25.6 Å². The number of rotatable bonds is 5. The summed E-state index contributed by atoms with van der Waals surface area (Å²) in [7, 11) is 0. The van der Waals surface area contributed by atoms with E-state index in [2.05, 4.69) is 20.6 Å². The number of hydrogen-bond acceptors (Lipinski definition) is 5. The minimum atomic E-state index is -0.186. The van der Waals surface area contributed by atoms with Crippen LogP contribution in [0.4, 0.5) is 5.82 Å². The van der Waals surface area contributed by atoms with Crippen molar-refractivity contribution >= 4 is 11.7 Å². The summed E-state index contributed by atoms with van der Waals surface area (Å²) < 4.78 is 5.46. The van der Waals surface area contributed by atoms with Gasteiger partial charge in [0.1, 0.15) is 11.5 Å². The van der Waals surface area contributed by atoms with Gasteiger partial charge < -0.3 is 15.4 Å². The second-order valence-electron chi connectivity index (χ2n) is 4.65. The molecule has 1 saturated heterocycles. The molecule has 104 valence electrons. The molecular formula is C13H20N4O2. The van der Waals surface area contributed by atoms with Crippen LogP contribution in [0.1, 0.15) is 30.8 Å². The summed E-state index contributed by atoms with van der Waals surface area (Å²) >= 11 is 0. The monoisotopic (exact) mass is 264 g/mol. The molecule has 2 unspecified atom stereocenters. The SMILES string of the molecule is CCNc1cnc(C(=O)NCC2CCOC2C)cn1. The lowest BCUT2D eigenvalue weighted by Crippen LogP contribution is -2.32. The average molecular weight is 264 g/mol. The first-order valence-electron chi connectivity index (χ1n) is 6.66. The molecule has 2 N–H and O–H groups in total. The summed E-state index contributed by atoms with van der Waals surface area (Å²) in [5, 5.41) is 5.92. The standard InChI is InChI=1S/C13H20N4O2/c1-3-14-12-8-15-11(7-16-12)13(18)17-6-10-4-5-19-9(10)2/h7-10H,3-6H2,1-2H3,(H,14,16)(H,17,18). The fraction of sp³-hybridized carbons (Fsp3) is 0.615. The number of anilines is 1. The van der Waals surface area contributed by atoms with E-state index in [0.29, 0.717) is 24.0 Å². The highest BCUT2D eigenvalue weighted by Crippen LogP contribution is 2.19. The number of amides is 1. The summed E-state index contributed by atoms with van der Waals surface area (Å²) in [5.41, 5.74) is 0.341. The number of nitrogens with zero attached hydrogens (tertiary/aromatic N) is 2. The number of carbonyl (C=O) groups is 1. The summed E-state index contributed by atoms with van der Waals surface area (Å²) in [6, 6.07) is 0. The molecule has 1 amide bonds. The highest BCUT2D eigenvalue weighted by atomic mass is 16.5. The molecule has 2 atom stereocenters. The molecule has 0 radical (unpaired) electrons. The van der Waals surface area contributed by atoms with Crippen LogP contribution in [0.25, 0.3) is 0 Å². The minimum Gasteiger partial charge on any atom is -0.378 e. The smallest absolute Gasteiger partial charge is 0.271 e. The third-order valence-corrected chi connectivity index (χ3v) is 3.30. The van der Waals surface area contributed by atoms with Gasteiger partial charge in [0.2, 0.25) is 0 Å². The number of hydrogen-bond donors (Lipinski definition) is 2. The molecule has 2 heterocycles. The number of nitrogens with one attached hydrogen (secondary N) is 2. The van der Waals surface area contributed by atoms with Crippen LogP contribution in [0.5, 0.6) is 0 Å². The molecule has 0 aliphatic carbocycles. The zero-order chi connectivity index (χ0) is 13.7. The normalized spacial score (nSPS) is 22.2. The van der Waals surface area contributed by atoms with E-state index in [1.807, 2.05) is 13.8 Å². The first-order chi connectivity index (χ1) is 9.20. The van der Waals surface area contributed by atoms with Crippen LogP contribution in [0.2, 0.25) is 0 Å². The van der Waals surface area contributed by atoms with Crippen molar-refractivity contribution < 1.29 is 9.53 Å². The van der Waals surface area contributed by atoms with Crippen molar-refractivity contribution in [3.05, 3.63) is 18.1 Å². The summed E-state index contributed by atoms with van der Waals surface area (Å²) in [4.78, 5) is 20.1. The van der Waals surface area contributed by atoms with Crippen molar-refractivity contribution in [3.63, 3.8) is 0 Å². The fourth-order valence-electron chi connectivity index (χ4n) is 2.08. The van der Waals surface area contributed by atoms with E-state index in [9.17, 15) is 4.79 Å². The molecular weight excluding hydrogens is 244 g/mol. The van der Waals surface area contributed by atoms with Crippen LogP contribution in [0.3, 0.4) is 0 Å². The summed E-state index contributed by atoms with van der Waals surface area (Å²) in [6.45, 7) is 6.19. The Morgan fingerprint density at radius 3 is 2.89 bits per heavy atom. The largest absolute Gasteiger partial charge is 0.378 e. The summed E-state index contributed by atoms with van der Waals surface area (Å²) in [5.74, 6) is 0.879. The van der Waals surface area contributed by atoms with Gasteiger partial charge in [0.25, 0.3) is 5.91 Å². The third kappa shape index (κ3) is 3.64. The van der Waals surface area contributed by atoms with Crippen LogP contribution >= 0.6 is 0 Å². The molecule has 6 heteroatoms. The molecule has 0 saturated carbocycles. The van der Waals surface area contributed by atoms with E-state index in [4.69, 9.17) is 4.74 Å². The molecule has 1 aliphatic rings. The Bertz CT molecular complexity index is 421. The van der Waals surface area contributed by atoms with Crippen molar-refractivity contribution in [2.24, 2.45) is 5.92 Å². The lowest BCUT2D eigenvalue weighted by molar-refractivity contribution is 0.0903.